The molecule has 2 aliphatic rings. The Morgan fingerprint density at radius 2 is 1.89 bits per heavy atom. The smallest absolute Gasteiger partial charge is 0.0623 e. The van der Waals surface area contributed by atoms with Gasteiger partial charge in [0.15, 0.2) is 0 Å². The van der Waals surface area contributed by atoms with Crippen molar-refractivity contribution in [2.24, 2.45) is 5.92 Å². The summed E-state index contributed by atoms with van der Waals surface area (Å²) in [5.74, 6) is 0.796. The SMILES string of the molecule is CCCCCCCCC(NC)C1CC2CCC1O2. The van der Waals surface area contributed by atoms with Gasteiger partial charge in [-0.3, -0.25) is 0 Å². The normalized spacial score (nSPS) is 32.0. The van der Waals surface area contributed by atoms with Gasteiger partial charge in [0.05, 0.1) is 12.2 Å². The van der Waals surface area contributed by atoms with Crippen molar-refractivity contribution in [1.29, 1.82) is 0 Å². The third-order valence-corrected chi connectivity index (χ3v) is 4.91. The molecule has 0 saturated carbocycles. The second-order valence-electron chi connectivity index (χ2n) is 6.23. The molecule has 2 aliphatic heterocycles. The number of ether oxygens (including phenoxy) is 1. The fourth-order valence-electron chi connectivity index (χ4n) is 3.82. The molecule has 2 saturated heterocycles. The van der Waals surface area contributed by atoms with Crippen molar-refractivity contribution in [3.8, 4) is 0 Å². The van der Waals surface area contributed by atoms with Crippen molar-refractivity contribution >= 4 is 0 Å². The van der Waals surface area contributed by atoms with Crippen LogP contribution in [0.25, 0.3) is 0 Å². The van der Waals surface area contributed by atoms with E-state index in [1.54, 1.807) is 0 Å². The second-order valence-corrected chi connectivity index (χ2v) is 6.23. The summed E-state index contributed by atoms with van der Waals surface area (Å²) >= 11 is 0. The highest BCUT2D eigenvalue weighted by Crippen LogP contribution is 2.41. The number of rotatable bonds is 9. The van der Waals surface area contributed by atoms with E-state index < -0.39 is 0 Å². The maximum absolute atomic E-state index is 5.99. The Balaban J connectivity index is 1.61. The molecule has 2 rings (SSSR count). The van der Waals surface area contributed by atoms with Crippen LogP contribution in [0.4, 0.5) is 0 Å². The summed E-state index contributed by atoms with van der Waals surface area (Å²) < 4.78 is 5.99. The van der Waals surface area contributed by atoms with Gasteiger partial charge in [0.2, 0.25) is 0 Å². The minimum atomic E-state index is 0.576. The van der Waals surface area contributed by atoms with Gasteiger partial charge in [0.25, 0.3) is 0 Å². The molecule has 0 amide bonds. The van der Waals surface area contributed by atoms with Crippen LogP contribution in [0.5, 0.6) is 0 Å². The molecule has 1 N–H and O–H groups in total. The number of hydrogen-bond acceptors (Lipinski definition) is 2. The standard InChI is InChI=1S/C16H31NO/c1-3-4-5-6-7-8-9-15(17-2)14-12-13-10-11-16(14)18-13/h13-17H,3-12H2,1-2H3. The molecule has 18 heavy (non-hydrogen) atoms. The topological polar surface area (TPSA) is 21.3 Å². The van der Waals surface area contributed by atoms with E-state index in [9.17, 15) is 0 Å². The van der Waals surface area contributed by atoms with E-state index in [0.717, 1.165) is 5.92 Å². The molecule has 106 valence electrons. The van der Waals surface area contributed by atoms with Crippen LogP contribution in [-0.4, -0.2) is 25.3 Å². The predicted molar refractivity (Wildman–Crippen MR) is 76.8 cm³/mol. The average Bonchev–Trinajstić information content (AvgIpc) is 3.00. The van der Waals surface area contributed by atoms with Crippen LogP contribution >= 0.6 is 0 Å². The summed E-state index contributed by atoms with van der Waals surface area (Å²) in [5.41, 5.74) is 0. The largest absolute Gasteiger partial charge is 0.375 e. The summed E-state index contributed by atoms with van der Waals surface area (Å²) in [7, 11) is 2.13. The molecule has 0 radical (unpaired) electrons. The Hall–Kier alpha value is -0.0800. The number of hydrogen-bond donors (Lipinski definition) is 1. The molecule has 0 aromatic heterocycles. The molecule has 2 fully saturated rings. The molecule has 2 heterocycles. The summed E-state index contributed by atoms with van der Waals surface area (Å²) in [5, 5.41) is 3.55. The van der Waals surface area contributed by atoms with Crippen LogP contribution in [-0.2, 0) is 4.74 Å². The summed E-state index contributed by atoms with van der Waals surface area (Å²) in [4.78, 5) is 0. The lowest BCUT2D eigenvalue weighted by Gasteiger charge is -2.28. The van der Waals surface area contributed by atoms with Gasteiger partial charge in [-0.2, -0.15) is 0 Å². The summed E-state index contributed by atoms with van der Waals surface area (Å²) in [6.07, 6.45) is 14.9. The van der Waals surface area contributed by atoms with Gasteiger partial charge in [-0.15, -0.1) is 0 Å². The number of fused-ring (bicyclic) bond motifs is 2. The van der Waals surface area contributed by atoms with E-state index in [0.29, 0.717) is 18.2 Å². The van der Waals surface area contributed by atoms with Gasteiger partial charge < -0.3 is 10.1 Å². The van der Waals surface area contributed by atoms with Gasteiger partial charge in [-0.05, 0) is 32.7 Å². The highest BCUT2D eigenvalue weighted by atomic mass is 16.5. The van der Waals surface area contributed by atoms with Crippen molar-refractivity contribution in [1.82, 2.24) is 5.32 Å². The van der Waals surface area contributed by atoms with Crippen molar-refractivity contribution in [2.75, 3.05) is 7.05 Å². The van der Waals surface area contributed by atoms with E-state index in [2.05, 4.69) is 19.3 Å². The van der Waals surface area contributed by atoms with Crippen molar-refractivity contribution < 1.29 is 4.74 Å². The van der Waals surface area contributed by atoms with E-state index >= 15 is 0 Å². The molecule has 0 aliphatic carbocycles. The van der Waals surface area contributed by atoms with E-state index in [-0.39, 0.29) is 0 Å². The summed E-state index contributed by atoms with van der Waals surface area (Å²) in [6, 6.07) is 0.700. The zero-order chi connectivity index (χ0) is 12.8. The molecular formula is C16H31NO. The molecule has 2 heteroatoms. The van der Waals surface area contributed by atoms with Gasteiger partial charge in [-0.1, -0.05) is 45.4 Å². The number of nitrogens with one attached hydrogen (secondary N) is 1. The van der Waals surface area contributed by atoms with Gasteiger partial charge in [0, 0.05) is 12.0 Å². The molecule has 2 bridgehead atoms. The van der Waals surface area contributed by atoms with Crippen molar-refractivity contribution in [2.45, 2.75) is 89.4 Å². The van der Waals surface area contributed by atoms with Crippen LogP contribution in [0, 0.1) is 5.92 Å². The van der Waals surface area contributed by atoms with Crippen LogP contribution in [0.2, 0.25) is 0 Å². The van der Waals surface area contributed by atoms with Crippen LogP contribution in [0.15, 0.2) is 0 Å². The first-order valence-electron chi connectivity index (χ1n) is 8.18. The maximum Gasteiger partial charge on any atom is 0.0623 e. The quantitative estimate of drug-likeness (QED) is 0.629. The molecule has 4 atom stereocenters. The first-order chi connectivity index (χ1) is 8.85. The van der Waals surface area contributed by atoms with E-state index in [1.165, 1.54) is 64.2 Å². The fraction of sp³-hybridized carbons (Fsp3) is 1.00. The molecule has 0 aromatic rings. The molecule has 0 spiro atoms. The molecular weight excluding hydrogens is 222 g/mol. The maximum atomic E-state index is 5.99. The lowest BCUT2D eigenvalue weighted by molar-refractivity contribution is 0.0854. The molecule has 0 aromatic carbocycles. The predicted octanol–water partition coefficient (Wildman–Crippen LogP) is 3.89. The van der Waals surface area contributed by atoms with Gasteiger partial charge in [-0.25, -0.2) is 0 Å². The van der Waals surface area contributed by atoms with Crippen LogP contribution in [0.1, 0.15) is 71.1 Å². The average molecular weight is 253 g/mol. The molecule has 4 unspecified atom stereocenters. The highest BCUT2D eigenvalue weighted by Gasteiger charge is 2.43. The summed E-state index contributed by atoms with van der Waals surface area (Å²) in [6.45, 7) is 2.28. The Morgan fingerprint density at radius 3 is 2.50 bits per heavy atom. The first-order valence-corrected chi connectivity index (χ1v) is 8.18. The highest BCUT2D eigenvalue weighted by molar-refractivity contribution is 4.94. The second kappa shape index (κ2) is 7.49. The van der Waals surface area contributed by atoms with E-state index in [1.807, 2.05) is 0 Å². The zero-order valence-electron chi connectivity index (χ0n) is 12.3. The Morgan fingerprint density at radius 1 is 1.11 bits per heavy atom. The third kappa shape index (κ3) is 3.71. The first kappa shape index (κ1) is 14.3. The minimum Gasteiger partial charge on any atom is -0.375 e. The van der Waals surface area contributed by atoms with E-state index in [4.69, 9.17) is 4.74 Å². The Bertz CT molecular complexity index is 231. The molecule has 2 nitrogen and oxygen atoms in total. The zero-order valence-corrected chi connectivity index (χ0v) is 12.3. The Labute approximate surface area is 113 Å². The number of unbranched alkanes of at least 4 members (excludes halogenated alkanes) is 5. The third-order valence-electron chi connectivity index (χ3n) is 4.91. The van der Waals surface area contributed by atoms with Crippen molar-refractivity contribution in [3.05, 3.63) is 0 Å². The lowest BCUT2D eigenvalue weighted by atomic mass is 9.82. The monoisotopic (exact) mass is 253 g/mol. The lowest BCUT2D eigenvalue weighted by Crippen LogP contribution is -2.38. The fourth-order valence-corrected chi connectivity index (χ4v) is 3.82. The van der Waals surface area contributed by atoms with Crippen molar-refractivity contribution in [3.63, 3.8) is 0 Å². The van der Waals surface area contributed by atoms with Gasteiger partial charge >= 0.3 is 0 Å². The van der Waals surface area contributed by atoms with Gasteiger partial charge in [0.1, 0.15) is 0 Å². The van der Waals surface area contributed by atoms with Crippen LogP contribution < -0.4 is 5.32 Å². The minimum absolute atomic E-state index is 0.576. The Kier molecular flexibility index (Phi) is 5.97. The van der Waals surface area contributed by atoms with Crippen LogP contribution in [0.3, 0.4) is 0 Å².